The first-order valence-corrected chi connectivity index (χ1v) is 10.2. The average molecular weight is 384 g/mol. The average Bonchev–Trinajstić information content (AvgIpc) is 3.21. The van der Waals surface area contributed by atoms with E-state index in [1.165, 1.54) is 23.1 Å². The molecule has 0 aliphatic carbocycles. The molecule has 1 aromatic heterocycles. The molecule has 128 valence electrons. The van der Waals surface area contributed by atoms with Gasteiger partial charge in [0.15, 0.2) is 20.2 Å². The lowest BCUT2D eigenvalue weighted by Gasteiger charge is -2.10. The molecule has 6 nitrogen and oxygen atoms in total. The highest BCUT2D eigenvalue weighted by Crippen LogP contribution is 2.35. The lowest BCUT2D eigenvalue weighted by atomic mass is 10.2. The van der Waals surface area contributed by atoms with Crippen LogP contribution < -0.4 is 14.8 Å². The van der Waals surface area contributed by atoms with Gasteiger partial charge in [-0.1, -0.05) is 41.8 Å². The van der Waals surface area contributed by atoms with Crippen LogP contribution in [0.2, 0.25) is 0 Å². The fraction of sp³-hybridized carbons (Fsp3) is 0.400. The van der Waals surface area contributed by atoms with Gasteiger partial charge in [-0.3, -0.25) is 4.79 Å². The number of benzene rings is 1. The predicted octanol–water partition coefficient (Wildman–Crippen LogP) is 3.89. The van der Waals surface area contributed by atoms with Gasteiger partial charge in [-0.2, -0.15) is 0 Å². The molecule has 1 amide bonds. The lowest BCUT2D eigenvalue weighted by molar-refractivity contribution is -0.115. The number of carbonyl (C=O) groups is 1. The number of carbonyl (C=O) groups excluding carboxylic acids is 1. The number of hydrogen-bond acceptors (Lipinski definition) is 8. The molecule has 1 atom stereocenters. The van der Waals surface area contributed by atoms with Crippen molar-refractivity contribution >= 4 is 46.5 Å². The smallest absolute Gasteiger partial charge is 0.237 e. The molecule has 0 unspecified atom stereocenters. The quantitative estimate of drug-likeness (QED) is 0.727. The highest BCUT2D eigenvalue weighted by atomic mass is 32.2. The van der Waals surface area contributed by atoms with Crippen LogP contribution in [-0.2, 0) is 4.79 Å². The maximum Gasteiger partial charge on any atom is 0.237 e. The Bertz CT molecular complexity index is 723. The minimum Gasteiger partial charge on any atom is -0.454 e. The van der Waals surface area contributed by atoms with Gasteiger partial charge in [-0.05, 0) is 25.5 Å². The first-order chi connectivity index (χ1) is 11.7. The first-order valence-electron chi connectivity index (χ1n) is 7.49. The Morgan fingerprint density at radius 2 is 2.12 bits per heavy atom. The monoisotopic (exact) mass is 383 g/mol. The van der Waals surface area contributed by atoms with E-state index in [-0.39, 0.29) is 18.0 Å². The number of fused-ring (bicyclic) bond motifs is 1. The molecule has 1 aromatic carbocycles. The number of rotatable bonds is 7. The minimum absolute atomic E-state index is 0.0863. The van der Waals surface area contributed by atoms with E-state index in [9.17, 15) is 4.79 Å². The Hall–Kier alpha value is -1.45. The second-order valence-corrected chi connectivity index (χ2v) is 8.91. The van der Waals surface area contributed by atoms with E-state index in [0.717, 1.165) is 20.9 Å². The topological polar surface area (TPSA) is 73.3 Å². The van der Waals surface area contributed by atoms with Crippen LogP contribution >= 0.6 is 34.9 Å². The van der Waals surface area contributed by atoms with Gasteiger partial charge in [0.1, 0.15) is 0 Å². The molecule has 0 bridgehead atoms. The second kappa shape index (κ2) is 8.09. The van der Waals surface area contributed by atoms with Crippen LogP contribution in [0.3, 0.4) is 0 Å². The molecule has 1 N–H and O–H groups in total. The number of aromatic nitrogens is 2. The molecular weight excluding hydrogens is 366 g/mol. The molecule has 24 heavy (non-hydrogen) atoms. The zero-order chi connectivity index (χ0) is 16.9. The van der Waals surface area contributed by atoms with Crippen molar-refractivity contribution in [2.24, 2.45) is 0 Å². The second-order valence-electron chi connectivity index (χ2n) is 5.00. The molecule has 0 radical (unpaired) electrons. The molecule has 1 aliphatic heterocycles. The van der Waals surface area contributed by atoms with Crippen LogP contribution in [0, 0.1) is 0 Å². The standard InChI is InChI=1S/C15H17N3O3S3/c1-3-6-22-14-17-18-15(24-14)23-9(2)13(19)16-10-4-5-11-12(7-10)21-8-20-11/h4-5,7,9H,3,6,8H2,1-2H3,(H,16,19)/t9-/m1/s1. The van der Waals surface area contributed by atoms with Crippen molar-refractivity contribution < 1.29 is 14.3 Å². The molecule has 1 aliphatic rings. The summed E-state index contributed by atoms with van der Waals surface area (Å²) in [5.74, 6) is 2.28. The van der Waals surface area contributed by atoms with Gasteiger partial charge in [0.2, 0.25) is 12.7 Å². The number of nitrogens with zero attached hydrogens (tertiary/aromatic N) is 2. The number of amides is 1. The molecule has 0 saturated carbocycles. The van der Waals surface area contributed by atoms with Crippen molar-refractivity contribution in [2.45, 2.75) is 34.2 Å². The predicted molar refractivity (Wildman–Crippen MR) is 97.4 cm³/mol. The maximum atomic E-state index is 12.3. The molecule has 3 rings (SSSR count). The summed E-state index contributed by atoms with van der Waals surface area (Å²) in [7, 11) is 0. The van der Waals surface area contributed by atoms with E-state index in [1.54, 1.807) is 30.0 Å². The van der Waals surface area contributed by atoms with Gasteiger partial charge < -0.3 is 14.8 Å². The van der Waals surface area contributed by atoms with Crippen LogP contribution in [0.4, 0.5) is 5.69 Å². The Labute approximate surface area is 152 Å². The Morgan fingerprint density at radius 1 is 1.33 bits per heavy atom. The SMILES string of the molecule is CCCSc1nnc(S[C@H](C)C(=O)Nc2ccc3c(c2)OCO3)s1. The number of hydrogen-bond donors (Lipinski definition) is 1. The van der Waals surface area contributed by atoms with Gasteiger partial charge in [-0.15, -0.1) is 10.2 Å². The largest absolute Gasteiger partial charge is 0.454 e. The summed E-state index contributed by atoms with van der Waals surface area (Å²) < 4.78 is 12.3. The molecule has 0 saturated heterocycles. The minimum atomic E-state index is -0.271. The molecule has 2 heterocycles. The summed E-state index contributed by atoms with van der Waals surface area (Å²) >= 11 is 4.64. The number of thioether (sulfide) groups is 2. The van der Waals surface area contributed by atoms with Gasteiger partial charge in [0, 0.05) is 17.5 Å². The van der Waals surface area contributed by atoms with Gasteiger partial charge >= 0.3 is 0 Å². The van der Waals surface area contributed by atoms with Gasteiger partial charge in [0.25, 0.3) is 0 Å². The third-order valence-corrected chi connectivity index (χ3v) is 6.55. The third-order valence-electron chi connectivity index (χ3n) is 3.10. The van der Waals surface area contributed by atoms with E-state index in [1.807, 2.05) is 6.92 Å². The van der Waals surface area contributed by atoms with Crippen LogP contribution in [0.1, 0.15) is 20.3 Å². The van der Waals surface area contributed by atoms with Crippen molar-refractivity contribution in [1.29, 1.82) is 0 Å². The number of ether oxygens (including phenoxy) is 2. The summed E-state index contributed by atoms with van der Waals surface area (Å²) in [6.45, 7) is 4.20. The fourth-order valence-corrected chi connectivity index (χ4v) is 5.00. The highest BCUT2D eigenvalue weighted by molar-refractivity contribution is 8.03. The van der Waals surface area contributed by atoms with E-state index in [4.69, 9.17) is 9.47 Å². The highest BCUT2D eigenvalue weighted by Gasteiger charge is 2.19. The molecule has 2 aromatic rings. The fourth-order valence-electron chi connectivity index (χ4n) is 1.92. The number of nitrogens with one attached hydrogen (secondary N) is 1. The van der Waals surface area contributed by atoms with Crippen LogP contribution in [0.5, 0.6) is 11.5 Å². The zero-order valence-corrected chi connectivity index (χ0v) is 15.7. The lowest BCUT2D eigenvalue weighted by Crippen LogP contribution is -2.22. The van der Waals surface area contributed by atoms with E-state index < -0.39 is 0 Å². The molecule has 0 spiro atoms. The summed E-state index contributed by atoms with van der Waals surface area (Å²) in [4.78, 5) is 12.3. The van der Waals surface area contributed by atoms with E-state index >= 15 is 0 Å². The van der Waals surface area contributed by atoms with Gasteiger partial charge in [-0.25, -0.2) is 0 Å². The maximum absolute atomic E-state index is 12.3. The Balaban J connectivity index is 1.55. The summed E-state index contributed by atoms with van der Waals surface area (Å²) in [6, 6.07) is 5.35. The van der Waals surface area contributed by atoms with Crippen LogP contribution in [0.15, 0.2) is 26.9 Å². The number of anilines is 1. The van der Waals surface area contributed by atoms with Crippen molar-refractivity contribution in [3.63, 3.8) is 0 Å². The molecular formula is C15H17N3O3S3. The van der Waals surface area contributed by atoms with Crippen molar-refractivity contribution in [1.82, 2.24) is 10.2 Å². The molecule has 0 fully saturated rings. The van der Waals surface area contributed by atoms with Crippen molar-refractivity contribution in [3.05, 3.63) is 18.2 Å². The first kappa shape index (κ1) is 17.4. The zero-order valence-electron chi connectivity index (χ0n) is 13.3. The summed E-state index contributed by atoms with van der Waals surface area (Å²) in [5.41, 5.74) is 0.688. The Kier molecular flexibility index (Phi) is 5.85. The van der Waals surface area contributed by atoms with Crippen LogP contribution in [-0.4, -0.2) is 33.9 Å². The molecule has 9 heteroatoms. The summed E-state index contributed by atoms with van der Waals surface area (Å²) in [6.07, 6.45) is 1.10. The normalized spacial score (nSPS) is 13.8. The summed E-state index contributed by atoms with van der Waals surface area (Å²) in [5, 5.41) is 10.9. The third kappa shape index (κ3) is 4.34. The van der Waals surface area contributed by atoms with E-state index in [2.05, 4.69) is 22.4 Å². The van der Waals surface area contributed by atoms with Gasteiger partial charge in [0.05, 0.1) is 5.25 Å². The van der Waals surface area contributed by atoms with Crippen LogP contribution in [0.25, 0.3) is 0 Å². The van der Waals surface area contributed by atoms with Crippen molar-refractivity contribution in [3.8, 4) is 11.5 Å². The van der Waals surface area contributed by atoms with Crippen molar-refractivity contribution in [2.75, 3.05) is 17.9 Å². The van der Waals surface area contributed by atoms with E-state index in [0.29, 0.717) is 17.2 Å². The Morgan fingerprint density at radius 3 is 2.96 bits per heavy atom.